The first kappa shape index (κ1) is 27.0. The molecule has 0 saturated carbocycles. The monoisotopic (exact) mass is 531 g/mol. The van der Waals surface area contributed by atoms with E-state index in [0.717, 1.165) is 15.8 Å². The summed E-state index contributed by atoms with van der Waals surface area (Å²) in [4.78, 5) is 25.7. The Morgan fingerprint density at radius 2 is 1.68 bits per heavy atom. The van der Waals surface area contributed by atoms with Crippen molar-refractivity contribution in [3.05, 3.63) is 70.1 Å². The molecule has 2 aromatic carbocycles. The molecule has 9 nitrogen and oxygen atoms in total. The Labute approximate surface area is 216 Å². The number of hydrogen-bond acceptors (Lipinski definition) is 6. The van der Waals surface area contributed by atoms with E-state index in [1.54, 1.807) is 31.4 Å². The van der Waals surface area contributed by atoms with Gasteiger partial charge in [0.05, 0.1) is 19.3 Å². The highest BCUT2D eigenvalue weighted by atomic mass is 19.4. The van der Waals surface area contributed by atoms with E-state index < -0.39 is 29.7 Å². The van der Waals surface area contributed by atoms with E-state index in [4.69, 9.17) is 9.47 Å². The summed E-state index contributed by atoms with van der Waals surface area (Å²) in [6.07, 6.45) is -3.54. The molecule has 3 aromatic rings. The molecule has 0 spiro atoms. The van der Waals surface area contributed by atoms with Crippen molar-refractivity contribution in [2.24, 2.45) is 0 Å². The number of unbranched alkanes of at least 4 members (excludes halogenated alkanes) is 2. The van der Waals surface area contributed by atoms with Crippen molar-refractivity contribution in [3.8, 4) is 11.5 Å². The molecule has 1 atom stereocenters. The van der Waals surface area contributed by atoms with Gasteiger partial charge in [-0.05, 0) is 77.6 Å². The van der Waals surface area contributed by atoms with E-state index in [-0.39, 0.29) is 12.1 Å². The van der Waals surface area contributed by atoms with Crippen molar-refractivity contribution in [3.63, 3.8) is 0 Å². The largest absolute Gasteiger partial charge is 0.497 e. The van der Waals surface area contributed by atoms with Crippen molar-refractivity contribution in [2.45, 2.75) is 50.7 Å². The molecule has 0 fully saturated rings. The van der Waals surface area contributed by atoms with Crippen LogP contribution in [0.4, 0.5) is 13.2 Å². The van der Waals surface area contributed by atoms with E-state index in [0.29, 0.717) is 42.9 Å². The van der Waals surface area contributed by atoms with Crippen LogP contribution < -0.4 is 20.5 Å². The Bertz CT molecular complexity index is 1350. The summed E-state index contributed by atoms with van der Waals surface area (Å²) < 4.78 is 48.6. The number of ether oxygens (including phenoxy) is 2. The third-order valence-corrected chi connectivity index (χ3v) is 6.41. The van der Waals surface area contributed by atoms with Gasteiger partial charge >= 0.3 is 11.9 Å². The summed E-state index contributed by atoms with van der Waals surface area (Å²) in [7, 11) is 1.56. The lowest BCUT2D eigenvalue weighted by Crippen LogP contribution is -2.49. The smallest absolute Gasteiger partial charge is 0.389 e. The molecule has 0 saturated heterocycles. The van der Waals surface area contributed by atoms with Crippen LogP contribution in [0.3, 0.4) is 0 Å². The van der Waals surface area contributed by atoms with E-state index >= 15 is 0 Å². The fraction of sp³-hybridized carbons (Fsp3) is 0.385. The maximum Gasteiger partial charge on any atom is 0.389 e. The van der Waals surface area contributed by atoms with Crippen LogP contribution in [0, 0.1) is 0 Å². The number of rotatable bonds is 10. The van der Waals surface area contributed by atoms with Crippen LogP contribution in [0.5, 0.6) is 11.5 Å². The summed E-state index contributed by atoms with van der Waals surface area (Å²) in [5.41, 5.74) is 0.762. The van der Waals surface area contributed by atoms with Gasteiger partial charge in [0.15, 0.2) is 0 Å². The number of hydrogen-bond donors (Lipinski definition) is 2. The topological polar surface area (TPSA) is 111 Å². The second-order valence-corrected chi connectivity index (χ2v) is 9.24. The molecule has 1 aliphatic rings. The average molecular weight is 532 g/mol. The number of alkyl halides is 3. The number of carbonyl (C=O) groups is 1. The highest BCUT2D eigenvalue weighted by molar-refractivity contribution is 6.22. The number of tetrazole rings is 1. The number of aromatic nitrogens is 4. The van der Waals surface area contributed by atoms with Crippen molar-refractivity contribution in [1.29, 1.82) is 0 Å². The minimum Gasteiger partial charge on any atom is -0.497 e. The fourth-order valence-corrected chi connectivity index (χ4v) is 4.41. The number of nitrogens with one attached hydrogen (secondary N) is 2. The lowest BCUT2D eigenvalue weighted by molar-refractivity contribution is -0.135. The van der Waals surface area contributed by atoms with Crippen molar-refractivity contribution < 1.29 is 27.4 Å². The molecule has 1 aliphatic heterocycles. The van der Waals surface area contributed by atoms with Gasteiger partial charge in [0.1, 0.15) is 17.2 Å². The van der Waals surface area contributed by atoms with E-state index in [2.05, 4.69) is 20.8 Å². The highest BCUT2D eigenvalue weighted by Crippen LogP contribution is 2.40. The number of carbonyl (C=O) groups excluding carboxylic acids is 1. The SMILES string of the molecule is COc1ccc(C2=C(n3nn[nH]c3=O)C(=O)N[C@](C)(c3ccc(OCCCCCC(F)(F)F)cc3)C2)cc1. The van der Waals surface area contributed by atoms with Gasteiger partial charge in [-0.25, -0.2) is 9.89 Å². The summed E-state index contributed by atoms with van der Waals surface area (Å²) >= 11 is 0. The van der Waals surface area contributed by atoms with Crippen molar-refractivity contribution in [2.75, 3.05) is 13.7 Å². The standard InChI is InChI=1S/C26H28F3N5O4/c1-25(18-8-12-20(13-9-18)38-15-5-3-4-14-26(27,28)29)16-21(17-6-10-19(37-2)11-7-17)22(23(35)30-25)34-24(36)31-32-33-34/h6-13H,3-5,14-16H2,1-2H3,(H,30,35)(H,31,33,36)/t25-/m0/s1. The Balaban J connectivity index is 1.53. The molecular weight excluding hydrogens is 503 g/mol. The Morgan fingerprint density at radius 3 is 2.29 bits per heavy atom. The second kappa shape index (κ2) is 11.1. The maximum atomic E-state index is 13.4. The number of nitrogens with zero attached hydrogens (tertiary/aromatic N) is 3. The number of amides is 1. The molecule has 12 heteroatoms. The number of benzene rings is 2. The molecule has 1 aromatic heterocycles. The van der Waals surface area contributed by atoms with Crippen LogP contribution in [-0.4, -0.2) is 46.0 Å². The third kappa shape index (κ3) is 6.24. The number of H-pyrrole nitrogens is 1. The highest BCUT2D eigenvalue weighted by Gasteiger charge is 2.39. The summed E-state index contributed by atoms with van der Waals surface area (Å²) in [6, 6.07) is 14.3. The molecule has 0 aliphatic carbocycles. The molecule has 202 valence electrons. The van der Waals surface area contributed by atoms with E-state index in [9.17, 15) is 22.8 Å². The van der Waals surface area contributed by atoms with Crippen LogP contribution in [-0.2, 0) is 10.3 Å². The van der Waals surface area contributed by atoms with Gasteiger partial charge in [-0.2, -0.15) is 17.9 Å². The van der Waals surface area contributed by atoms with Gasteiger partial charge in [0, 0.05) is 12.8 Å². The fourth-order valence-electron chi connectivity index (χ4n) is 4.41. The molecule has 2 N–H and O–H groups in total. The van der Waals surface area contributed by atoms with Gasteiger partial charge in [0.2, 0.25) is 0 Å². The quantitative estimate of drug-likeness (QED) is 0.378. The normalized spacial score (nSPS) is 17.9. The summed E-state index contributed by atoms with van der Waals surface area (Å²) in [5.74, 6) is 0.740. The Kier molecular flexibility index (Phi) is 7.88. The van der Waals surface area contributed by atoms with Gasteiger partial charge in [0.25, 0.3) is 5.91 Å². The minimum absolute atomic E-state index is 0.0797. The van der Waals surface area contributed by atoms with Crippen LogP contribution in [0.1, 0.15) is 50.2 Å². The van der Waals surface area contributed by atoms with Crippen molar-refractivity contribution >= 4 is 17.2 Å². The Morgan fingerprint density at radius 1 is 1.00 bits per heavy atom. The van der Waals surface area contributed by atoms with Crippen LogP contribution in [0.15, 0.2) is 53.3 Å². The zero-order valence-corrected chi connectivity index (χ0v) is 21.0. The van der Waals surface area contributed by atoms with Gasteiger partial charge in [-0.15, -0.1) is 0 Å². The summed E-state index contributed by atoms with van der Waals surface area (Å²) in [6.45, 7) is 2.19. The predicted molar refractivity (Wildman–Crippen MR) is 133 cm³/mol. The molecule has 0 bridgehead atoms. The molecular formula is C26H28F3N5O4. The zero-order valence-electron chi connectivity index (χ0n) is 21.0. The second-order valence-electron chi connectivity index (χ2n) is 9.24. The Hall–Kier alpha value is -4.09. The first-order valence-corrected chi connectivity index (χ1v) is 12.1. The molecule has 0 radical (unpaired) electrons. The zero-order chi connectivity index (χ0) is 27.3. The number of methoxy groups -OCH3 is 1. The lowest BCUT2D eigenvalue weighted by Gasteiger charge is -2.37. The molecule has 2 heterocycles. The van der Waals surface area contributed by atoms with Crippen LogP contribution in [0.25, 0.3) is 11.3 Å². The molecule has 38 heavy (non-hydrogen) atoms. The summed E-state index contributed by atoms with van der Waals surface area (Å²) in [5, 5.41) is 12.5. The predicted octanol–water partition coefficient (Wildman–Crippen LogP) is 4.28. The molecule has 1 amide bonds. The maximum absolute atomic E-state index is 13.4. The lowest BCUT2D eigenvalue weighted by atomic mass is 9.80. The molecule has 0 unspecified atom stereocenters. The van der Waals surface area contributed by atoms with Gasteiger partial charge in [-0.3, -0.25) is 4.79 Å². The third-order valence-electron chi connectivity index (χ3n) is 6.41. The van der Waals surface area contributed by atoms with Gasteiger partial charge in [-0.1, -0.05) is 24.3 Å². The van der Waals surface area contributed by atoms with Crippen LogP contribution in [0.2, 0.25) is 0 Å². The van der Waals surface area contributed by atoms with E-state index in [1.807, 2.05) is 31.2 Å². The first-order chi connectivity index (χ1) is 18.1. The average Bonchev–Trinajstić information content (AvgIpc) is 3.30. The van der Waals surface area contributed by atoms with Crippen molar-refractivity contribution in [1.82, 2.24) is 25.5 Å². The molecule has 4 rings (SSSR count). The van der Waals surface area contributed by atoms with E-state index in [1.165, 1.54) is 0 Å². The number of halogens is 3. The van der Waals surface area contributed by atoms with Crippen LogP contribution >= 0.6 is 0 Å². The first-order valence-electron chi connectivity index (χ1n) is 12.1. The van der Waals surface area contributed by atoms with Gasteiger partial charge < -0.3 is 14.8 Å². The minimum atomic E-state index is -4.13. The number of aromatic amines is 1.